The summed E-state index contributed by atoms with van der Waals surface area (Å²) in [6.45, 7) is 2.26. The number of likely N-dealkylation sites (tertiary alicyclic amines) is 1. The van der Waals surface area contributed by atoms with Gasteiger partial charge < -0.3 is 9.84 Å². The second-order valence-corrected chi connectivity index (χ2v) is 9.65. The van der Waals surface area contributed by atoms with Crippen molar-refractivity contribution in [1.29, 1.82) is 0 Å². The lowest BCUT2D eigenvalue weighted by Crippen LogP contribution is -2.26. The van der Waals surface area contributed by atoms with Crippen LogP contribution in [0.4, 0.5) is 4.39 Å². The van der Waals surface area contributed by atoms with Crippen LogP contribution in [0.5, 0.6) is 5.75 Å². The minimum Gasteiger partial charge on any atom is -0.489 e. The van der Waals surface area contributed by atoms with E-state index in [1.807, 2.05) is 30.3 Å². The lowest BCUT2D eigenvalue weighted by Gasteiger charge is -2.19. The van der Waals surface area contributed by atoms with E-state index in [2.05, 4.69) is 41.3 Å². The molecule has 36 heavy (non-hydrogen) atoms. The average Bonchev–Trinajstić information content (AvgIpc) is 3.25. The van der Waals surface area contributed by atoms with Gasteiger partial charge in [0.05, 0.1) is 12.2 Å². The van der Waals surface area contributed by atoms with Crippen LogP contribution in [0.3, 0.4) is 0 Å². The Balaban J connectivity index is 1.53. The van der Waals surface area contributed by atoms with E-state index in [4.69, 9.17) is 4.74 Å². The van der Waals surface area contributed by atoms with Crippen molar-refractivity contribution < 1.29 is 19.0 Å². The first-order valence-corrected chi connectivity index (χ1v) is 12.8. The summed E-state index contributed by atoms with van der Waals surface area (Å²) >= 11 is 0. The number of aromatic carboxylic acids is 1. The van der Waals surface area contributed by atoms with E-state index in [1.165, 1.54) is 11.1 Å². The van der Waals surface area contributed by atoms with Crippen LogP contribution in [-0.2, 0) is 6.42 Å². The van der Waals surface area contributed by atoms with Crippen LogP contribution in [0.25, 0.3) is 11.1 Å². The fourth-order valence-corrected chi connectivity index (χ4v) is 5.48. The number of nitrogens with zero attached hydrogens (tertiary/aromatic N) is 1. The number of ether oxygens (including phenoxy) is 1. The molecule has 1 unspecified atom stereocenters. The van der Waals surface area contributed by atoms with Crippen LogP contribution in [0.2, 0.25) is 0 Å². The number of benzene rings is 3. The number of carboxylic acid groups (broad SMARTS) is 1. The van der Waals surface area contributed by atoms with Crippen LogP contribution >= 0.6 is 0 Å². The van der Waals surface area contributed by atoms with Gasteiger partial charge in [-0.15, -0.1) is 0 Å². The van der Waals surface area contributed by atoms with Crippen LogP contribution in [0.15, 0.2) is 72.8 Å². The molecule has 0 radical (unpaired) electrons. The maximum Gasteiger partial charge on any atom is 0.335 e. The Morgan fingerprint density at radius 2 is 1.83 bits per heavy atom. The number of rotatable bonds is 8. The molecule has 1 saturated heterocycles. The largest absolute Gasteiger partial charge is 0.489 e. The molecular formula is C31H32FNO3. The molecule has 0 spiro atoms. The summed E-state index contributed by atoms with van der Waals surface area (Å²) < 4.78 is 19.0. The maximum absolute atomic E-state index is 12.6. The molecular weight excluding hydrogens is 453 g/mol. The van der Waals surface area contributed by atoms with Gasteiger partial charge in [0.2, 0.25) is 0 Å². The molecule has 3 aromatic carbocycles. The summed E-state index contributed by atoms with van der Waals surface area (Å²) in [5, 5.41) is 9.56. The summed E-state index contributed by atoms with van der Waals surface area (Å²) in [6.07, 6.45) is 4.31. The molecule has 0 bridgehead atoms. The van der Waals surface area contributed by atoms with Crippen molar-refractivity contribution in [2.45, 2.75) is 38.2 Å². The van der Waals surface area contributed by atoms with E-state index < -0.39 is 5.97 Å². The average molecular weight is 486 g/mol. The van der Waals surface area contributed by atoms with Gasteiger partial charge in [0.1, 0.15) is 11.9 Å². The summed E-state index contributed by atoms with van der Waals surface area (Å²) in [6, 6.07) is 24.2. The minimum atomic E-state index is -0.900. The highest BCUT2D eigenvalue weighted by atomic mass is 19.1. The zero-order valence-corrected chi connectivity index (χ0v) is 20.5. The number of carbonyl (C=O) groups is 1. The number of halogens is 1. The van der Waals surface area contributed by atoms with Gasteiger partial charge in [-0.3, -0.25) is 9.29 Å². The summed E-state index contributed by atoms with van der Waals surface area (Å²) in [7, 11) is 0. The molecule has 1 aliphatic carbocycles. The Kier molecular flexibility index (Phi) is 7.47. The standard InChI is InChI=1S/C31H32FNO3/c32-16-6-17-33-18-15-27(21-33)36-26-11-4-10-24(20-26)30-28(22-7-2-1-3-8-22)12-5-9-23-19-25(31(34)35)13-14-29(23)30/h1-4,7-8,10-11,13-14,19-20,27H,5-6,9,12,15-18,21H2,(H,34,35). The fourth-order valence-electron chi connectivity index (χ4n) is 5.48. The van der Waals surface area contributed by atoms with Crippen molar-refractivity contribution in [1.82, 2.24) is 4.90 Å². The van der Waals surface area contributed by atoms with Crippen LogP contribution in [-0.4, -0.2) is 48.4 Å². The summed E-state index contributed by atoms with van der Waals surface area (Å²) in [5.41, 5.74) is 7.16. The second kappa shape index (κ2) is 11.1. The first-order valence-electron chi connectivity index (χ1n) is 12.8. The van der Waals surface area contributed by atoms with Gasteiger partial charge in [0.25, 0.3) is 0 Å². The second-order valence-electron chi connectivity index (χ2n) is 9.65. The number of carboxylic acids is 1. The number of alkyl halides is 1. The minimum absolute atomic E-state index is 0.0991. The summed E-state index contributed by atoms with van der Waals surface area (Å²) in [5.74, 6) is -0.0684. The van der Waals surface area contributed by atoms with Gasteiger partial charge in [-0.25, -0.2) is 4.79 Å². The van der Waals surface area contributed by atoms with Gasteiger partial charge in [-0.05, 0) is 89.8 Å². The number of allylic oxidation sites excluding steroid dienone is 1. The highest BCUT2D eigenvalue weighted by Crippen LogP contribution is 2.41. The van der Waals surface area contributed by atoms with Crippen molar-refractivity contribution in [3.63, 3.8) is 0 Å². The lowest BCUT2D eigenvalue weighted by molar-refractivity contribution is 0.0696. The van der Waals surface area contributed by atoms with E-state index in [0.717, 1.165) is 73.3 Å². The van der Waals surface area contributed by atoms with E-state index in [0.29, 0.717) is 12.0 Å². The first kappa shape index (κ1) is 24.3. The quantitative estimate of drug-likeness (QED) is 0.396. The highest BCUT2D eigenvalue weighted by Gasteiger charge is 2.25. The Hall–Kier alpha value is -3.44. The van der Waals surface area contributed by atoms with E-state index in [1.54, 1.807) is 6.07 Å². The zero-order chi connectivity index (χ0) is 24.9. The Morgan fingerprint density at radius 3 is 2.64 bits per heavy atom. The van der Waals surface area contributed by atoms with E-state index in [9.17, 15) is 14.3 Å². The van der Waals surface area contributed by atoms with E-state index in [-0.39, 0.29) is 12.8 Å². The molecule has 2 aliphatic rings. The number of fused-ring (bicyclic) bond motifs is 1. The monoisotopic (exact) mass is 485 g/mol. The molecule has 5 heteroatoms. The summed E-state index contributed by atoms with van der Waals surface area (Å²) in [4.78, 5) is 13.9. The zero-order valence-electron chi connectivity index (χ0n) is 20.5. The van der Waals surface area contributed by atoms with Crippen molar-refractivity contribution in [2.75, 3.05) is 26.3 Å². The molecule has 1 heterocycles. The predicted molar refractivity (Wildman–Crippen MR) is 141 cm³/mol. The third-order valence-corrected chi connectivity index (χ3v) is 7.18. The van der Waals surface area contributed by atoms with Gasteiger partial charge in [0.15, 0.2) is 0 Å². The number of aryl methyl sites for hydroxylation is 1. The van der Waals surface area contributed by atoms with Gasteiger partial charge >= 0.3 is 5.97 Å². The topological polar surface area (TPSA) is 49.8 Å². The molecule has 0 saturated carbocycles. The fraction of sp³-hybridized carbons (Fsp3) is 0.323. The van der Waals surface area contributed by atoms with Crippen LogP contribution in [0, 0.1) is 0 Å². The van der Waals surface area contributed by atoms with E-state index >= 15 is 0 Å². The maximum atomic E-state index is 12.6. The Bertz CT molecular complexity index is 1250. The lowest BCUT2D eigenvalue weighted by atomic mass is 9.87. The molecule has 0 amide bonds. The molecule has 3 aromatic rings. The molecule has 186 valence electrons. The van der Waals surface area contributed by atoms with Crippen molar-refractivity contribution >= 4 is 17.1 Å². The van der Waals surface area contributed by atoms with Gasteiger partial charge in [0, 0.05) is 19.6 Å². The van der Waals surface area contributed by atoms with Crippen molar-refractivity contribution in [2.24, 2.45) is 0 Å². The highest BCUT2D eigenvalue weighted by molar-refractivity contribution is 6.00. The molecule has 1 atom stereocenters. The Morgan fingerprint density at radius 1 is 1.00 bits per heavy atom. The molecule has 1 N–H and O–H groups in total. The SMILES string of the molecule is O=C(O)c1ccc2c(c1)CCCC(c1ccccc1)=C2c1cccc(OC2CCN(CCCF)C2)c1. The normalized spacial score (nSPS) is 18.1. The first-order chi connectivity index (χ1) is 17.6. The third kappa shape index (κ3) is 5.36. The number of hydrogen-bond donors (Lipinski definition) is 1. The molecule has 5 rings (SSSR count). The molecule has 1 aliphatic heterocycles. The Labute approximate surface area is 212 Å². The van der Waals surface area contributed by atoms with Gasteiger partial charge in [-0.2, -0.15) is 0 Å². The van der Waals surface area contributed by atoms with Crippen molar-refractivity contribution in [3.8, 4) is 5.75 Å². The third-order valence-electron chi connectivity index (χ3n) is 7.18. The molecule has 4 nitrogen and oxygen atoms in total. The van der Waals surface area contributed by atoms with Crippen molar-refractivity contribution in [3.05, 3.63) is 101 Å². The smallest absolute Gasteiger partial charge is 0.335 e. The van der Waals surface area contributed by atoms with Crippen LogP contribution < -0.4 is 4.74 Å². The molecule has 0 aromatic heterocycles. The predicted octanol–water partition coefficient (Wildman–Crippen LogP) is 6.49. The van der Waals surface area contributed by atoms with Crippen LogP contribution in [0.1, 0.15) is 58.3 Å². The molecule has 1 fully saturated rings. The van der Waals surface area contributed by atoms with Gasteiger partial charge in [-0.1, -0.05) is 48.5 Å². The number of hydrogen-bond acceptors (Lipinski definition) is 3.